The minimum atomic E-state index is -5.94. The molecule has 8 aromatic rings. The quantitative estimate of drug-likeness (QED) is 0.131. The molecule has 232 valence electrons. The van der Waals surface area contributed by atoms with Gasteiger partial charge < -0.3 is 13.5 Å². The normalized spacial score (nSPS) is 12.3. The first-order valence-corrected chi connectivity index (χ1v) is 16.7. The van der Waals surface area contributed by atoms with Crippen molar-refractivity contribution in [1.29, 1.82) is 0 Å². The van der Waals surface area contributed by atoms with Gasteiger partial charge in [-0.3, -0.25) is 0 Å². The second-order valence-corrected chi connectivity index (χ2v) is 13.5. The third-order valence-electron chi connectivity index (χ3n) is 7.99. The molecule has 0 aliphatic rings. The van der Waals surface area contributed by atoms with Gasteiger partial charge in [0.05, 0.1) is 10.4 Å². The first-order valence-electron chi connectivity index (χ1n) is 14.5. The minimum Gasteiger partial charge on any atom is -0.456 e. The molecular weight excluding hydrogens is 644 g/mol. The summed E-state index contributed by atoms with van der Waals surface area (Å²) in [7, 11) is -5.94. The van der Waals surface area contributed by atoms with Crippen molar-refractivity contribution in [3.05, 3.63) is 133 Å². The Hall–Kier alpha value is -5.32. The smallest absolute Gasteiger partial charge is 0.456 e. The summed E-state index contributed by atoms with van der Waals surface area (Å²) in [6, 6.07) is 41.0. The average Bonchev–Trinajstić information content (AvgIpc) is 3.63. The lowest BCUT2D eigenvalue weighted by atomic mass is 10.0. The fourth-order valence-corrected chi connectivity index (χ4v) is 7.50. The molecule has 8 rings (SSSR count). The second kappa shape index (κ2) is 10.9. The molecule has 0 bridgehead atoms. The van der Waals surface area contributed by atoms with Gasteiger partial charge >= 0.3 is 15.6 Å². The van der Waals surface area contributed by atoms with Gasteiger partial charge in [0.25, 0.3) is 0 Å². The highest BCUT2D eigenvalue weighted by molar-refractivity contribution is 7.88. The van der Waals surface area contributed by atoms with Gasteiger partial charge in [0, 0.05) is 43.7 Å². The Morgan fingerprint density at radius 2 is 1.21 bits per heavy atom. The number of alkyl halides is 3. The van der Waals surface area contributed by atoms with Crippen LogP contribution < -0.4 is 9.08 Å². The maximum Gasteiger partial charge on any atom is 0.534 e. The van der Waals surface area contributed by atoms with Gasteiger partial charge in [0.1, 0.15) is 16.9 Å². The number of hydrogen-bond acceptors (Lipinski definition) is 6. The molecule has 0 aliphatic carbocycles. The molecular formula is C37H22F3NO4S2. The number of anilines is 3. The van der Waals surface area contributed by atoms with E-state index in [1.807, 2.05) is 120 Å². The Labute approximate surface area is 270 Å². The molecule has 0 spiro atoms. The van der Waals surface area contributed by atoms with E-state index < -0.39 is 21.4 Å². The second-order valence-electron chi connectivity index (χ2n) is 10.9. The SMILES string of the molecule is O=S(=O)(Oc1cc(N(c2ccccc2)c2ccccc2)c2sc3ccc(-c4ccc5oc6ccccc6c5c4)cc3c2c1)C(F)(F)F. The maximum atomic E-state index is 13.5. The van der Waals surface area contributed by atoms with E-state index in [4.69, 9.17) is 8.60 Å². The topological polar surface area (TPSA) is 59.8 Å². The van der Waals surface area contributed by atoms with Crippen LogP contribution >= 0.6 is 11.3 Å². The Kier molecular flexibility index (Phi) is 6.75. The summed E-state index contributed by atoms with van der Waals surface area (Å²) in [6.07, 6.45) is 0. The summed E-state index contributed by atoms with van der Waals surface area (Å²) in [5, 5.41) is 3.26. The summed E-state index contributed by atoms with van der Waals surface area (Å²) >= 11 is 1.46. The number of nitrogens with zero attached hydrogens (tertiary/aromatic N) is 1. The van der Waals surface area contributed by atoms with Gasteiger partial charge in [-0.15, -0.1) is 11.3 Å². The molecule has 6 aromatic carbocycles. The maximum absolute atomic E-state index is 13.5. The summed E-state index contributed by atoms with van der Waals surface area (Å²) in [5.41, 5.74) is -0.313. The fourth-order valence-electron chi connectivity index (χ4n) is 5.89. The number of hydrogen-bond donors (Lipinski definition) is 0. The number of benzene rings is 6. The molecule has 0 fully saturated rings. The van der Waals surface area contributed by atoms with E-state index in [0.717, 1.165) is 59.2 Å². The summed E-state index contributed by atoms with van der Waals surface area (Å²) in [4.78, 5) is 1.88. The van der Waals surface area contributed by atoms with Crippen molar-refractivity contribution >= 4 is 80.6 Å². The van der Waals surface area contributed by atoms with E-state index in [-0.39, 0.29) is 0 Å². The average molecular weight is 666 g/mol. The molecule has 47 heavy (non-hydrogen) atoms. The Bertz CT molecular complexity index is 2520. The van der Waals surface area contributed by atoms with Crippen molar-refractivity contribution in [1.82, 2.24) is 0 Å². The van der Waals surface area contributed by atoms with Gasteiger partial charge in [-0.25, -0.2) is 0 Å². The molecule has 0 radical (unpaired) electrons. The Morgan fingerprint density at radius 3 is 1.89 bits per heavy atom. The van der Waals surface area contributed by atoms with Gasteiger partial charge in [0.2, 0.25) is 0 Å². The standard InChI is InChI=1S/C37H22F3NO4S2/c38-37(39,40)47(42,43)45-27-21-31-30-20-24(23-15-17-34-29(19-23)28-13-7-8-14-33(28)44-34)16-18-35(30)46-36(31)32(22-27)41(25-9-3-1-4-10-25)26-11-5-2-6-12-26/h1-22H. The van der Waals surface area contributed by atoms with Crippen molar-refractivity contribution in [3.8, 4) is 16.9 Å². The molecule has 0 saturated heterocycles. The van der Waals surface area contributed by atoms with E-state index >= 15 is 0 Å². The van der Waals surface area contributed by atoms with Gasteiger partial charge in [-0.05, 0) is 71.8 Å². The van der Waals surface area contributed by atoms with Crippen LogP contribution in [0, 0.1) is 0 Å². The van der Waals surface area contributed by atoms with Crippen LogP contribution in [0.25, 0.3) is 53.2 Å². The molecule has 5 nitrogen and oxygen atoms in total. The van der Waals surface area contributed by atoms with Crippen LogP contribution in [0.4, 0.5) is 30.2 Å². The first-order chi connectivity index (χ1) is 22.7. The number of halogens is 3. The van der Waals surface area contributed by atoms with Gasteiger partial charge in [-0.2, -0.15) is 21.6 Å². The fraction of sp³-hybridized carbons (Fsp3) is 0.0270. The van der Waals surface area contributed by atoms with E-state index in [2.05, 4.69) is 6.07 Å². The van der Waals surface area contributed by atoms with Gasteiger partial charge in [-0.1, -0.05) is 66.7 Å². The molecule has 0 saturated carbocycles. The molecule has 0 unspecified atom stereocenters. The highest BCUT2D eigenvalue weighted by Gasteiger charge is 2.48. The highest BCUT2D eigenvalue weighted by Crippen LogP contribution is 2.48. The molecule has 0 atom stereocenters. The van der Waals surface area contributed by atoms with Crippen LogP contribution in [0.15, 0.2) is 138 Å². The van der Waals surface area contributed by atoms with Crippen molar-refractivity contribution in [3.63, 3.8) is 0 Å². The molecule has 0 N–H and O–H groups in total. The molecule has 0 amide bonds. The zero-order chi connectivity index (χ0) is 32.3. The van der Waals surface area contributed by atoms with Crippen molar-refractivity contribution in [2.24, 2.45) is 0 Å². The van der Waals surface area contributed by atoms with E-state index in [1.54, 1.807) is 0 Å². The van der Waals surface area contributed by atoms with Crippen LogP contribution in [0.3, 0.4) is 0 Å². The monoisotopic (exact) mass is 665 g/mol. The van der Waals surface area contributed by atoms with E-state index in [9.17, 15) is 21.6 Å². The Morgan fingerprint density at radius 1 is 0.617 bits per heavy atom. The molecule has 10 heteroatoms. The minimum absolute atomic E-state index is 0.446. The van der Waals surface area contributed by atoms with Crippen LogP contribution in [0.5, 0.6) is 5.75 Å². The third kappa shape index (κ3) is 5.06. The van der Waals surface area contributed by atoms with E-state index in [0.29, 0.717) is 11.1 Å². The summed E-state index contributed by atoms with van der Waals surface area (Å²) in [6.45, 7) is 0. The predicted molar refractivity (Wildman–Crippen MR) is 182 cm³/mol. The first kappa shape index (κ1) is 29.1. The summed E-state index contributed by atoms with van der Waals surface area (Å²) in [5.74, 6) is -0.446. The van der Waals surface area contributed by atoms with Crippen molar-refractivity contribution in [2.75, 3.05) is 4.90 Å². The van der Waals surface area contributed by atoms with Crippen LogP contribution in [0.1, 0.15) is 0 Å². The van der Waals surface area contributed by atoms with Crippen LogP contribution in [0.2, 0.25) is 0 Å². The predicted octanol–water partition coefficient (Wildman–Crippen LogP) is 11.3. The van der Waals surface area contributed by atoms with Crippen LogP contribution in [-0.2, 0) is 10.1 Å². The largest absolute Gasteiger partial charge is 0.534 e. The molecule has 2 heterocycles. The summed E-state index contributed by atoms with van der Waals surface area (Å²) < 4.78 is 77.4. The van der Waals surface area contributed by atoms with Crippen molar-refractivity contribution in [2.45, 2.75) is 5.51 Å². The number of fused-ring (bicyclic) bond motifs is 6. The lowest BCUT2D eigenvalue weighted by Gasteiger charge is -2.26. The number of thiophene rings is 1. The van der Waals surface area contributed by atoms with E-state index in [1.165, 1.54) is 23.5 Å². The van der Waals surface area contributed by atoms with Crippen molar-refractivity contribution < 1.29 is 30.2 Å². The van der Waals surface area contributed by atoms with Crippen LogP contribution in [-0.4, -0.2) is 13.9 Å². The lowest BCUT2D eigenvalue weighted by molar-refractivity contribution is -0.0500. The molecule has 0 aliphatic heterocycles. The zero-order valence-electron chi connectivity index (χ0n) is 24.2. The molecule has 2 aromatic heterocycles. The number of furan rings is 1. The lowest BCUT2D eigenvalue weighted by Crippen LogP contribution is -2.28. The highest BCUT2D eigenvalue weighted by atomic mass is 32.2. The zero-order valence-corrected chi connectivity index (χ0v) is 25.9. The third-order valence-corrected chi connectivity index (χ3v) is 10.2. The number of rotatable bonds is 6. The Balaban J connectivity index is 1.37. The van der Waals surface area contributed by atoms with Gasteiger partial charge in [0.15, 0.2) is 0 Å². The number of para-hydroxylation sites is 3.